The van der Waals surface area contributed by atoms with Crippen LogP contribution < -0.4 is 5.32 Å². The lowest BCUT2D eigenvalue weighted by atomic mass is 9.91. The Balaban J connectivity index is 1.84. The minimum atomic E-state index is 0.635. The van der Waals surface area contributed by atoms with Crippen LogP contribution in [0.15, 0.2) is 17.5 Å². The number of thiophene rings is 1. The first kappa shape index (κ1) is 13.6. The molecule has 0 spiro atoms. The van der Waals surface area contributed by atoms with Crippen molar-refractivity contribution < 1.29 is 0 Å². The Bertz CT molecular complexity index is 387. The highest BCUT2D eigenvalue weighted by molar-refractivity contribution is 7.10. The summed E-state index contributed by atoms with van der Waals surface area (Å²) in [5.74, 6) is 0.702. The molecule has 1 aromatic rings. The Labute approximate surface area is 121 Å². The molecule has 0 amide bonds. The largest absolute Gasteiger partial charge is 0.317 e. The lowest BCUT2D eigenvalue weighted by Gasteiger charge is -2.45. The van der Waals surface area contributed by atoms with E-state index in [0.29, 0.717) is 12.0 Å². The average molecular weight is 278 g/mol. The van der Waals surface area contributed by atoms with Gasteiger partial charge in [-0.1, -0.05) is 19.9 Å². The highest BCUT2D eigenvalue weighted by atomic mass is 32.1. The minimum Gasteiger partial charge on any atom is -0.317 e. The fourth-order valence-electron chi connectivity index (χ4n) is 4.18. The number of nitrogens with one attached hydrogen (secondary N) is 1. The number of hydrogen-bond donors (Lipinski definition) is 1. The third-order valence-electron chi connectivity index (χ3n) is 4.99. The minimum absolute atomic E-state index is 0.635. The van der Waals surface area contributed by atoms with Gasteiger partial charge in [-0.2, -0.15) is 0 Å². The molecule has 3 rings (SSSR count). The summed E-state index contributed by atoms with van der Waals surface area (Å²) in [6, 6.07) is 7.51. The smallest absolute Gasteiger partial charge is 0.0470 e. The SMILES string of the molecule is CNC1CC2CCC(C1)N2C(c1cccs1)C(C)C. The Hall–Kier alpha value is -0.380. The number of rotatable bonds is 4. The van der Waals surface area contributed by atoms with E-state index in [1.54, 1.807) is 4.88 Å². The van der Waals surface area contributed by atoms with Crippen molar-refractivity contribution in [2.24, 2.45) is 5.92 Å². The Morgan fingerprint density at radius 3 is 2.42 bits per heavy atom. The molecule has 0 aliphatic carbocycles. The summed E-state index contributed by atoms with van der Waals surface area (Å²) in [6.07, 6.45) is 5.47. The van der Waals surface area contributed by atoms with Crippen LogP contribution in [0.5, 0.6) is 0 Å². The van der Waals surface area contributed by atoms with Gasteiger partial charge < -0.3 is 5.32 Å². The van der Waals surface area contributed by atoms with Crippen molar-refractivity contribution in [2.45, 2.75) is 63.7 Å². The first-order valence-electron chi connectivity index (χ1n) is 7.68. The number of nitrogens with zero attached hydrogens (tertiary/aromatic N) is 1. The summed E-state index contributed by atoms with van der Waals surface area (Å²) in [5.41, 5.74) is 0. The van der Waals surface area contributed by atoms with Crippen molar-refractivity contribution >= 4 is 11.3 Å². The van der Waals surface area contributed by atoms with E-state index in [0.717, 1.165) is 18.1 Å². The van der Waals surface area contributed by atoms with Crippen LogP contribution in [0, 0.1) is 5.92 Å². The van der Waals surface area contributed by atoms with Crippen molar-refractivity contribution in [3.8, 4) is 0 Å². The van der Waals surface area contributed by atoms with E-state index >= 15 is 0 Å². The molecule has 2 fully saturated rings. The van der Waals surface area contributed by atoms with Crippen molar-refractivity contribution in [1.82, 2.24) is 10.2 Å². The van der Waals surface area contributed by atoms with Crippen molar-refractivity contribution in [2.75, 3.05) is 7.05 Å². The molecular formula is C16H26N2S. The van der Waals surface area contributed by atoms with Crippen LogP contribution in [0.4, 0.5) is 0 Å². The average Bonchev–Trinajstić information content (AvgIpc) is 2.98. The van der Waals surface area contributed by atoms with Gasteiger partial charge in [0.2, 0.25) is 0 Å². The Kier molecular flexibility index (Phi) is 3.97. The molecule has 2 aliphatic rings. The van der Waals surface area contributed by atoms with Gasteiger partial charge >= 0.3 is 0 Å². The zero-order valence-electron chi connectivity index (χ0n) is 12.3. The van der Waals surface area contributed by atoms with Gasteiger partial charge in [-0.05, 0) is 50.1 Å². The lowest BCUT2D eigenvalue weighted by molar-refractivity contribution is 0.0501. The van der Waals surface area contributed by atoms with Crippen LogP contribution in [0.1, 0.15) is 50.4 Å². The second-order valence-electron chi connectivity index (χ2n) is 6.49. The molecule has 2 saturated heterocycles. The molecule has 2 aliphatic heterocycles. The van der Waals surface area contributed by atoms with E-state index in [2.05, 4.69) is 48.6 Å². The number of piperidine rings is 1. The molecule has 0 radical (unpaired) electrons. The van der Waals surface area contributed by atoms with Crippen LogP contribution in [0.2, 0.25) is 0 Å². The standard InChI is InChI=1S/C16H26N2S/c1-11(2)16(15-5-4-8-19-15)18-13-6-7-14(18)10-12(9-13)17-3/h4-5,8,11-14,16-17H,6-7,9-10H2,1-3H3. The maximum Gasteiger partial charge on any atom is 0.0470 e. The van der Waals surface area contributed by atoms with Gasteiger partial charge in [0.1, 0.15) is 0 Å². The molecule has 3 atom stereocenters. The van der Waals surface area contributed by atoms with Gasteiger partial charge in [0.25, 0.3) is 0 Å². The van der Waals surface area contributed by atoms with Gasteiger partial charge in [-0.3, -0.25) is 4.90 Å². The van der Waals surface area contributed by atoms with Crippen molar-refractivity contribution in [3.05, 3.63) is 22.4 Å². The van der Waals surface area contributed by atoms with Crippen LogP contribution in [0.25, 0.3) is 0 Å². The second kappa shape index (κ2) is 5.55. The van der Waals surface area contributed by atoms with Crippen molar-refractivity contribution in [1.29, 1.82) is 0 Å². The molecule has 1 N–H and O–H groups in total. The quantitative estimate of drug-likeness (QED) is 0.904. The van der Waals surface area contributed by atoms with Gasteiger partial charge in [0.15, 0.2) is 0 Å². The Morgan fingerprint density at radius 1 is 1.26 bits per heavy atom. The molecule has 19 heavy (non-hydrogen) atoms. The molecule has 2 nitrogen and oxygen atoms in total. The monoisotopic (exact) mass is 278 g/mol. The first-order chi connectivity index (χ1) is 9.20. The summed E-state index contributed by atoms with van der Waals surface area (Å²) in [5, 5.41) is 5.73. The highest BCUT2D eigenvalue weighted by Gasteiger charge is 2.44. The fraction of sp³-hybridized carbons (Fsp3) is 0.750. The van der Waals surface area contributed by atoms with Crippen LogP contribution in [-0.2, 0) is 0 Å². The molecule has 3 unspecified atom stereocenters. The van der Waals surface area contributed by atoms with E-state index in [9.17, 15) is 0 Å². The molecule has 3 heterocycles. The molecule has 1 aromatic heterocycles. The molecule has 2 bridgehead atoms. The van der Waals surface area contributed by atoms with E-state index in [1.165, 1.54) is 25.7 Å². The third kappa shape index (κ3) is 2.48. The maximum atomic E-state index is 3.50. The highest BCUT2D eigenvalue weighted by Crippen LogP contribution is 2.45. The summed E-state index contributed by atoms with van der Waals surface area (Å²) in [7, 11) is 2.12. The predicted molar refractivity (Wildman–Crippen MR) is 82.6 cm³/mol. The molecule has 3 heteroatoms. The third-order valence-corrected chi connectivity index (χ3v) is 5.93. The number of hydrogen-bond acceptors (Lipinski definition) is 3. The van der Waals surface area contributed by atoms with Gasteiger partial charge in [-0.25, -0.2) is 0 Å². The first-order valence-corrected chi connectivity index (χ1v) is 8.56. The van der Waals surface area contributed by atoms with E-state index in [-0.39, 0.29) is 0 Å². The van der Waals surface area contributed by atoms with Gasteiger partial charge in [-0.15, -0.1) is 11.3 Å². The van der Waals surface area contributed by atoms with E-state index in [1.807, 2.05) is 11.3 Å². The van der Waals surface area contributed by atoms with Crippen LogP contribution >= 0.6 is 11.3 Å². The van der Waals surface area contributed by atoms with Gasteiger partial charge in [0.05, 0.1) is 0 Å². The molecule has 0 aromatic carbocycles. The topological polar surface area (TPSA) is 15.3 Å². The molecule has 106 valence electrons. The molecule has 0 saturated carbocycles. The summed E-state index contributed by atoms with van der Waals surface area (Å²) in [4.78, 5) is 4.43. The van der Waals surface area contributed by atoms with Crippen LogP contribution in [-0.4, -0.2) is 30.1 Å². The van der Waals surface area contributed by atoms with E-state index < -0.39 is 0 Å². The van der Waals surface area contributed by atoms with Crippen molar-refractivity contribution in [3.63, 3.8) is 0 Å². The van der Waals surface area contributed by atoms with E-state index in [4.69, 9.17) is 0 Å². The second-order valence-corrected chi connectivity index (χ2v) is 7.47. The number of fused-ring (bicyclic) bond motifs is 2. The summed E-state index contributed by atoms with van der Waals surface area (Å²) in [6.45, 7) is 4.77. The zero-order chi connectivity index (χ0) is 13.4. The van der Waals surface area contributed by atoms with Gasteiger partial charge in [0, 0.05) is 29.0 Å². The summed E-state index contributed by atoms with van der Waals surface area (Å²) >= 11 is 1.93. The lowest BCUT2D eigenvalue weighted by Crippen LogP contribution is -2.50. The zero-order valence-corrected chi connectivity index (χ0v) is 13.1. The maximum absolute atomic E-state index is 3.50. The predicted octanol–water partition coefficient (Wildman–Crippen LogP) is 3.66. The molecular weight excluding hydrogens is 252 g/mol. The normalized spacial score (nSPS) is 32.9. The fourth-order valence-corrected chi connectivity index (χ4v) is 5.19. The van der Waals surface area contributed by atoms with Crippen LogP contribution in [0.3, 0.4) is 0 Å². The Morgan fingerprint density at radius 2 is 1.95 bits per heavy atom. The summed E-state index contributed by atoms with van der Waals surface area (Å²) < 4.78 is 0.